The molecule has 0 aromatic carbocycles. The maximum atomic E-state index is 4.21. The molecule has 0 aromatic rings. The van der Waals surface area contributed by atoms with Gasteiger partial charge in [-0.15, -0.1) is 0 Å². The van der Waals surface area contributed by atoms with Crippen molar-refractivity contribution in [3.8, 4) is 0 Å². The molecule has 5 atom stereocenters. The Morgan fingerprint density at radius 1 is 1.09 bits per heavy atom. The van der Waals surface area contributed by atoms with Gasteiger partial charge < -0.3 is 6.92 Å². The van der Waals surface area contributed by atoms with Crippen LogP contribution < -0.4 is 0 Å². The van der Waals surface area contributed by atoms with E-state index in [2.05, 4.69) is 20.8 Å². The topological polar surface area (TPSA) is 0 Å². The molecule has 0 spiro atoms. The number of fused-ring (bicyclic) bond motifs is 1. The van der Waals surface area contributed by atoms with Crippen LogP contribution >= 0.6 is 0 Å². The standard InChI is InChI=1S/C10H17.Np/c1-6-4-9-5-10(9)8(3)7(6)2;/h6-10H,1,4-5H2,2-3H3;/q-1;/t6?,7-,8-,9?,10?;/m0./s1. The van der Waals surface area contributed by atoms with Gasteiger partial charge in [-0.25, -0.2) is 0 Å². The quantitative estimate of drug-likeness (QED) is 0.572. The first kappa shape index (κ1) is 10.1. The molecule has 2 fully saturated rings. The van der Waals surface area contributed by atoms with Crippen LogP contribution in [-0.4, -0.2) is 0 Å². The first-order valence-electron chi connectivity index (χ1n) is 4.53. The van der Waals surface area contributed by atoms with Crippen LogP contribution in [0.15, 0.2) is 0 Å². The van der Waals surface area contributed by atoms with Crippen molar-refractivity contribution >= 4 is 0 Å². The van der Waals surface area contributed by atoms with E-state index in [1.807, 2.05) is 0 Å². The summed E-state index contributed by atoms with van der Waals surface area (Å²) in [6.45, 7) is 8.99. The molecule has 0 nitrogen and oxygen atoms in total. The Hall–Kier alpha value is 1.01. The second kappa shape index (κ2) is 3.40. The van der Waals surface area contributed by atoms with Crippen LogP contribution in [0.25, 0.3) is 0 Å². The minimum absolute atomic E-state index is 0. The van der Waals surface area contributed by atoms with Crippen LogP contribution in [0, 0.1) is 66.5 Å². The molecule has 63 valence electrons. The van der Waals surface area contributed by atoms with Gasteiger partial charge in [0.1, 0.15) is 0 Å². The maximum Gasteiger partial charge on any atom is 0 e. The molecule has 1 radical (unpaired) electrons. The Labute approximate surface area is 92.8 Å². The fourth-order valence-electron chi connectivity index (χ4n) is 2.61. The zero-order chi connectivity index (χ0) is 7.30. The molecule has 1 heteroatoms. The van der Waals surface area contributed by atoms with Gasteiger partial charge in [0.2, 0.25) is 0 Å². The molecular formula is C10H17Np-. The Balaban J connectivity index is 0.000000605. The Morgan fingerprint density at radius 2 is 1.73 bits per heavy atom. The van der Waals surface area contributed by atoms with Crippen LogP contribution in [0.4, 0.5) is 0 Å². The minimum atomic E-state index is 0. The summed E-state index contributed by atoms with van der Waals surface area (Å²) in [5.74, 6) is 4.76. The SMILES string of the molecule is [CH2-]C1CC2CC2[C@@H](C)[C@H]1C.[Np]. The van der Waals surface area contributed by atoms with E-state index < -0.39 is 0 Å². The van der Waals surface area contributed by atoms with Gasteiger partial charge in [-0.2, -0.15) is 5.92 Å². The van der Waals surface area contributed by atoms with Crippen molar-refractivity contribution in [2.75, 3.05) is 0 Å². The van der Waals surface area contributed by atoms with Crippen molar-refractivity contribution in [1.82, 2.24) is 0 Å². The summed E-state index contributed by atoms with van der Waals surface area (Å²) in [6.07, 6.45) is 2.92. The summed E-state index contributed by atoms with van der Waals surface area (Å²) in [6, 6.07) is 0. The third-order valence-corrected chi connectivity index (χ3v) is 3.83. The first-order chi connectivity index (χ1) is 4.70. The van der Waals surface area contributed by atoms with Gasteiger partial charge in [0, 0.05) is 29.9 Å². The van der Waals surface area contributed by atoms with E-state index in [0.29, 0.717) is 0 Å². The molecule has 2 saturated carbocycles. The zero-order valence-corrected chi connectivity index (χ0v) is 11.2. The van der Waals surface area contributed by atoms with Crippen molar-refractivity contribution in [2.45, 2.75) is 26.7 Å². The van der Waals surface area contributed by atoms with Gasteiger partial charge in [0.25, 0.3) is 0 Å². The molecule has 0 aromatic heterocycles. The van der Waals surface area contributed by atoms with Crippen LogP contribution in [0.2, 0.25) is 0 Å². The van der Waals surface area contributed by atoms with Crippen molar-refractivity contribution in [1.29, 1.82) is 0 Å². The summed E-state index contributed by atoms with van der Waals surface area (Å²) in [7, 11) is 0. The van der Waals surface area contributed by atoms with E-state index in [1.54, 1.807) is 0 Å². The predicted octanol–water partition coefficient (Wildman–Crippen LogP) is 2.75. The van der Waals surface area contributed by atoms with E-state index in [4.69, 9.17) is 0 Å². The number of hydrogen-bond acceptors (Lipinski definition) is 0. The number of hydrogen-bond donors (Lipinski definition) is 0. The molecule has 2 rings (SSSR count). The fraction of sp³-hybridized carbons (Fsp3) is 0.900. The van der Waals surface area contributed by atoms with Gasteiger partial charge in [0.15, 0.2) is 0 Å². The third kappa shape index (κ3) is 1.69. The summed E-state index contributed by atoms with van der Waals surface area (Å²) >= 11 is 0. The molecular weight excluding hydrogens is 357 g/mol. The van der Waals surface area contributed by atoms with Crippen LogP contribution in [0.1, 0.15) is 26.7 Å². The van der Waals surface area contributed by atoms with Crippen molar-refractivity contribution < 1.29 is 29.9 Å². The van der Waals surface area contributed by atoms with Crippen molar-refractivity contribution in [2.24, 2.45) is 29.6 Å². The second-order valence-corrected chi connectivity index (χ2v) is 4.37. The molecule has 0 aliphatic heterocycles. The minimum Gasteiger partial charge on any atom is -0.340 e. The van der Waals surface area contributed by atoms with Gasteiger partial charge >= 0.3 is 0 Å². The van der Waals surface area contributed by atoms with Crippen LogP contribution in [0.3, 0.4) is 0 Å². The van der Waals surface area contributed by atoms with Gasteiger partial charge in [0.05, 0.1) is 0 Å². The maximum absolute atomic E-state index is 4.21. The summed E-state index contributed by atoms with van der Waals surface area (Å²) in [4.78, 5) is 0. The van der Waals surface area contributed by atoms with E-state index in [1.165, 1.54) is 12.8 Å². The molecule has 11 heavy (non-hydrogen) atoms. The Kier molecular flexibility index (Phi) is 3.12. The van der Waals surface area contributed by atoms with E-state index >= 15 is 0 Å². The third-order valence-electron chi connectivity index (χ3n) is 3.83. The van der Waals surface area contributed by atoms with E-state index in [-0.39, 0.29) is 29.9 Å². The summed E-state index contributed by atoms with van der Waals surface area (Å²) < 4.78 is 0. The molecule has 3 unspecified atom stereocenters. The summed E-state index contributed by atoms with van der Waals surface area (Å²) in [5.41, 5.74) is 0. The smallest absolute Gasteiger partial charge is 0 e. The zero-order valence-electron chi connectivity index (χ0n) is 7.46. The van der Waals surface area contributed by atoms with E-state index in [9.17, 15) is 0 Å². The molecule has 2 aliphatic rings. The normalized spacial score (nSPS) is 54.3. The first-order valence-corrected chi connectivity index (χ1v) is 4.53. The largest absolute Gasteiger partial charge is 0.340 e. The second-order valence-electron chi connectivity index (χ2n) is 4.37. The molecule has 0 heterocycles. The molecule has 0 bridgehead atoms. The average Bonchev–Trinajstić information content (AvgIpc) is 2.62. The van der Waals surface area contributed by atoms with Gasteiger partial charge in [-0.3, -0.25) is 0 Å². The Morgan fingerprint density at radius 3 is 2.36 bits per heavy atom. The van der Waals surface area contributed by atoms with Crippen LogP contribution in [-0.2, 0) is 0 Å². The number of rotatable bonds is 0. The average molecular weight is 374 g/mol. The molecule has 0 N–H and O–H groups in total. The Bertz CT molecular complexity index is 142. The van der Waals surface area contributed by atoms with Crippen molar-refractivity contribution in [3.63, 3.8) is 0 Å². The fourth-order valence-corrected chi connectivity index (χ4v) is 2.61. The molecule has 2 aliphatic carbocycles. The van der Waals surface area contributed by atoms with Gasteiger partial charge in [-0.1, -0.05) is 26.2 Å². The van der Waals surface area contributed by atoms with Crippen molar-refractivity contribution in [3.05, 3.63) is 6.92 Å². The van der Waals surface area contributed by atoms with Gasteiger partial charge in [-0.05, 0) is 24.2 Å². The molecule has 0 saturated heterocycles. The summed E-state index contributed by atoms with van der Waals surface area (Å²) in [5, 5.41) is 0. The molecule has 0 amide bonds. The van der Waals surface area contributed by atoms with Crippen LogP contribution in [0.5, 0.6) is 0 Å². The monoisotopic (exact) mass is 373 g/mol. The van der Waals surface area contributed by atoms with E-state index in [0.717, 1.165) is 29.6 Å². The predicted molar refractivity (Wildman–Crippen MR) is 43.4 cm³/mol.